The molecule has 0 radical (unpaired) electrons. The van der Waals surface area contributed by atoms with Gasteiger partial charge >= 0.3 is 0 Å². The summed E-state index contributed by atoms with van der Waals surface area (Å²) in [6, 6.07) is 7.38. The van der Waals surface area contributed by atoms with Crippen LogP contribution in [0.2, 0.25) is 0 Å². The molecule has 1 atom stereocenters. The predicted octanol–water partition coefficient (Wildman–Crippen LogP) is 2.99. The maximum atomic E-state index is 13.5. The molecule has 1 aliphatic heterocycles. The molecular weight excluding hydrogens is 546 g/mol. The van der Waals surface area contributed by atoms with Crippen LogP contribution < -0.4 is 5.32 Å². The van der Waals surface area contributed by atoms with E-state index in [1.54, 1.807) is 45.3 Å². The first kappa shape index (κ1) is 26.5. The number of nitrogens with one attached hydrogen (secondary N) is 2. The minimum absolute atomic E-state index is 0.153. The highest BCUT2D eigenvalue weighted by atomic mass is 19.1. The van der Waals surface area contributed by atoms with Gasteiger partial charge in [0, 0.05) is 31.7 Å². The second-order valence-electron chi connectivity index (χ2n) is 9.73. The molecule has 14 heteroatoms. The van der Waals surface area contributed by atoms with E-state index in [1.807, 2.05) is 0 Å². The van der Waals surface area contributed by atoms with E-state index >= 15 is 0 Å². The maximum Gasteiger partial charge on any atom is 0.255 e. The molecule has 210 valence electrons. The van der Waals surface area contributed by atoms with Gasteiger partial charge in [0.05, 0.1) is 47.3 Å². The van der Waals surface area contributed by atoms with Crippen LogP contribution in [-0.2, 0) is 4.79 Å². The first-order valence-electron chi connectivity index (χ1n) is 12.8. The molecule has 0 aromatic carbocycles. The molecule has 6 aromatic heterocycles. The van der Waals surface area contributed by atoms with E-state index in [-0.39, 0.29) is 23.2 Å². The minimum Gasteiger partial charge on any atom is -0.344 e. The van der Waals surface area contributed by atoms with Crippen molar-refractivity contribution >= 4 is 34.0 Å². The number of pyridine rings is 2. The molecule has 0 aliphatic carbocycles. The zero-order chi connectivity index (χ0) is 29.4. The molecule has 42 heavy (non-hydrogen) atoms. The van der Waals surface area contributed by atoms with Crippen LogP contribution in [0.4, 0.5) is 8.78 Å². The number of fused-ring (bicyclic) bond motifs is 3. The number of carbonyl (C=O) groups is 2. The average Bonchev–Trinajstić information content (AvgIpc) is 3.70. The fraction of sp³-hybridized carbons (Fsp3) is 0.179. The molecule has 7 rings (SSSR count). The normalized spacial score (nSPS) is 13.8. The van der Waals surface area contributed by atoms with E-state index in [9.17, 15) is 18.4 Å². The lowest BCUT2D eigenvalue weighted by molar-refractivity contribution is -0.137. The quantitative estimate of drug-likeness (QED) is 0.332. The summed E-state index contributed by atoms with van der Waals surface area (Å²) in [6.07, 6.45) is 10.4. The zero-order valence-electron chi connectivity index (χ0n) is 22.1. The third-order valence-electron chi connectivity index (χ3n) is 6.83. The first-order chi connectivity index (χ1) is 20.3. The van der Waals surface area contributed by atoms with Gasteiger partial charge in [-0.1, -0.05) is 0 Å². The van der Waals surface area contributed by atoms with E-state index in [4.69, 9.17) is 5.26 Å². The summed E-state index contributed by atoms with van der Waals surface area (Å²) in [5, 5.41) is 11.5. The highest BCUT2D eigenvalue weighted by molar-refractivity contribution is 6.06. The molecule has 0 bridgehead atoms. The summed E-state index contributed by atoms with van der Waals surface area (Å²) >= 11 is 0. The monoisotopic (exact) mass is 568 g/mol. The van der Waals surface area contributed by atoms with Gasteiger partial charge in [0.15, 0.2) is 5.65 Å². The van der Waals surface area contributed by atoms with Gasteiger partial charge in [-0.3, -0.25) is 9.59 Å². The molecule has 0 spiro atoms. The minimum atomic E-state index is -0.754. The van der Waals surface area contributed by atoms with E-state index in [1.165, 1.54) is 43.2 Å². The number of nitriles is 1. The zero-order valence-corrected chi connectivity index (χ0v) is 22.1. The summed E-state index contributed by atoms with van der Waals surface area (Å²) in [4.78, 5) is 46.7. The number of carbonyl (C=O) groups excluding carboxylic acids is 2. The second-order valence-corrected chi connectivity index (χ2v) is 9.73. The second kappa shape index (κ2) is 10.7. The van der Waals surface area contributed by atoms with Crippen LogP contribution in [0.15, 0.2) is 67.9 Å². The number of halogens is 2. The lowest BCUT2D eigenvalue weighted by atomic mass is 10.0. The van der Waals surface area contributed by atoms with Gasteiger partial charge in [0.2, 0.25) is 5.91 Å². The summed E-state index contributed by atoms with van der Waals surface area (Å²) < 4.78 is 29.1. The van der Waals surface area contributed by atoms with E-state index in [2.05, 4.69) is 36.3 Å². The lowest BCUT2D eigenvalue weighted by Gasteiger charge is -2.37. The topological polar surface area (TPSA) is 149 Å². The summed E-state index contributed by atoms with van der Waals surface area (Å²) in [6.45, 7) is 2.35. The standard InChI is InChI=1S/C21H17FN8O2.C7H5FN2/c1-11(21(32)29-7-12(4-23)8-29)27-20(31)14-5-24-19-17(14)28-15(6-25-19)18-16-3-2-13(22)9-30(16)10-26-18;8-6-1-2-7-3-9-5-10(7)4-6/h2-3,5-6,9-12H,7-8H2,1H3,(H,24,25)(H,27,31);1-5H/t11-;/m1./s1. The molecule has 1 saturated heterocycles. The van der Waals surface area contributed by atoms with Crippen LogP contribution >= 0.6 is 0 Å². The van der Waals surface area contributed by atoms with E-state index in [0.29, 0.717) is 41.2 Å². The Bertz CT molecular complexity index is 2000. The summed E-state index contributed by atoms with van der Waals surface area (Å²) in [5.41, 5.74) is 3.45. The fourth-order valence-electron chi connectivity index (χ4n) is 4.59. The Morgan fingerprint density at radius 3 is 2.62 bits per heavy atom. The van der Waals surface area contributed by atoms with Crippen molar-refractivity contribution in [2.75, 3.05) is 13.1 Å². The molecule has 2 N–H and O–H groups in total. The Kier molecular flexibility index (Phi) is 6.75. The van der Waals surface area contributed by atoms with Crippen molar-refractivity contribution in [2.24, 2.45) is 5.92 Å². The van der Waals surface area contributed by atoms with Crippen LogP contribution in [0.25, 0.3) is 33.6 Å². The Labute approximate surface area is 236 Å². The number of aromatic nitrogens is 7. The molecule has 1 aliphatic rings. The van der Waals surface area contributed by atoms with Gasteiger partial charge in [-0.05, 0) is 31.2 Å². The molecule has 12 nitrogen and oxygen atoms in total. The van der Waals surface area contributed by atoms with E-state index in [0.717, 1.165) is 5.52 Å². The maximum absolute atomic E-state index is 13.5. The number of hydrogen-bond acceptors (Lipinski definition) is 7. The van der Waals surface area contributed by atoms with E-state index < -0.39 is 17.8 Å². The number of imidazole rings is 2. The van der Waals surface area contributed by atoms with Crippen molar-refractivity contribution in [2.45, 2.75) is 13.0 Å². The number of H-pyrrole nitrogens is 1. The number of hydrogen-bond donors (Lipinski definition) is 2. The van der Waals surface area contributed by atoms with Gasteiger partial charge in [-0.25, -0.2) is 28.7 Å². The van der Waals surface area contributed by atoms with Crippen molar-refractivity contribution in [3.05, 3.63) is 85.1 Å². The molecular formula is C28H22F2N10O2. The predicted molar refractivity (Wildman–Crippen MR) is 146 cm³/mol. The third-order valence-corrected chi connectivity index (χ3v) is 6.83. The van der Waals surface area contributed by atoms with Gasteiger partial charge < -0.3 is 24.0 Å². The van der Waals surface area contributed by atoms with Crippen molar-refractivity contribution in [1.29, 1.82) is 5.26 Å². The largest absolute Gasteiger partial charge is 0.344 e. The number of likely N-dealkylation sites (tertiary alicyclic amines) is 1. The van der Waals surface area contributed by atoms with Crippen LogP contribution in [0, 0.1) is 28.9 Å². The molecule has 1 fully saturated rings. The summed E-state index contributed by atoms with van der Waals surface area (Å²) in [7, 11) is 0. The molecule has 2 amide bonds. The molecule has 7 heterocycles. The van der Waals surface area contributed by atoms with Gasteiger partial charge in [0.25, 0.3) is 5.91 Å². The molecule has 0 unspecified atom stereocenters. The highest BCUT2D eigenvalue weighted by Crippen LogP contribution is 2.24. The number of nitrogens with zero attached hydrogens (tertiary/aromatic N) is 8. The Hall–Kier alpha value is -5.71. The SMILES string of the molecule is C[C@@H](NC(=O)c1c[nH]c2ncc(-c3ncn4cc(F)ccc34)nc12)C(=O)N1CC(C#N)C1.Fc1ccc2cncn2c1. The van der Waals surface area contributed by atoms with Crippen molar-refractivity contribution in [3.63, 3.8) is 0 Å². The van der Waals surface area contributed by atoms with Crippen LogP contribution in [0.3, 0.4) is 0 Å². The van der Waals surface area contributed by atoms with Gasteiger partial charge in [0.1, 0.15) is 40.9 Å². The average molecular weight is 569 g/mol. The van der Waals surface area contributed by atoms with Gasteiger partial charge in [-0.2, -0.15) is 5.26 Å². The van der Waals surface area contributed by atoms with Crippen LogP contribution in [0.1, 0.15) is 17.3 Å². The smallest absolute Gasteiger partial charge is 0.255 e. The Balaban J connectivity index is 0.000000265. The number of aromatic amines is 1. The lowest BCUT2D eigenvalue weighted by Crippen LogP contribution is -2.55. The van der Waals surface area contributed by atoms with Crippen LogP contribution in [0.5, 0.6) is 0 Å². The fourth-order valence-corrected chi connectivity index (χ4v) is 4.59. The molecule has 6 aromatic rings. The Morgan fingerprint density at radius 1 is 1.07 bits per heavy atom. The summed E-state index contributed by atoms with van der Waals surface area (Å²) in [5.74, 6) is -1.51. The van der Waals surface area contributed by atoms with Crippen molar-refractivity contribution < 1.29 is 18.4 Å². The number of rotatable bonds is 4. The third kappa shape index (κ3) is 4.99. The van der Waals surface area contributed by atoms with Gasteiger partial charge in [-0.15, -0.1) is 0 Å². The number of amides is 2. The van der Waals surface area contributed by atoms with Crippen molar-refractivity contribution in [1.82, 2.24) is 43.9 Å². The van der Waals surface area contributed by atoms with Crippen molar-refractivity contribution in [3.8, 4) is 17.5 Å². The Morgan fingerprint density at radius 2 is 1.83 bits per heavy atom. The first-order valence-corrected chi connectivity index (χ1v) is 12.8. The van der Waals surface area contributed by atoms with Crippen LogP contribution in [-0.4, -0.2) is 69.6 Å². The molecule has 0 saturated carbocycles. The highest BCUT2D eigenvalue weighted by Gasteiger charge is 2.33.